The second-order valence-electron chi connectivity index (χ2n) is 6.51. The Kier molecular flexibility index (Phi) is 4.16. The van der Waals surface area contributed by atoms with Crippen LogP contribution in [0.15, 0.2) is 42.6 Å². The smallest absolute Gasteiger partial charge is 0.250 e. The Hall–Kier alpha value is -2.80. The number of aromatic nitrogens is 2. The molecule has 3 aromatic rings. The van der Waals surface area contributed by atoms with E-state index in [0.29, 0.717) is 36.0 Å². The molecule has 0 unspecified atom stereocenters. The van der Waals surface area contributed by atoms with E-state index in [1.165, 1.54) is 10.7 Å². The largest absolute Gasteiger partial charge is 0.366 e. The summed E-state index contributed by atoms with van der Waals surface area (Å²) in [7, 11) is 0. The van der Waals surface area contributed by atoms with Crippen molar-refractivity contribution >= 4 is 16.8 Å². The first-order chi connectivity index (χ1) is 12.5. The maximum Gasteiger partial charge on any atom is 0.250 e. The highest BCUT2D eigenvalue weighted by molar-refractivity contribution is 6.04. The van der Waals surface area contributed by atoms with Crippen LogP contribution in [0.4, 0.5) is 8.78 Å². The van der Waals surface area contributed by atoms with Crippen molar-refractivity contribution in [2.45, 2.75) is 18.5 Å². The summed E-state index contributed by atoms with van der Waals surface area (Å²) in [6, 6.07) is 9.73. The molecule has 3 N–H and O–H groups in total. The van der Waals surface area contributed by atoms with Crippen LogP contribution in [-0.4, -0.2) is 34.9 Å². The summed E-state index contributed by atoms with van der Waals surface area (Å²) in [5.74, 6) is -1.44. The van der Waals surface area contributed by atoms with Crippen molar-refractivity contribution in [3.63, 3.8) is 0 Å². The highest BCUT2D eigenvalue weighted by Crippen LogP contribution is 2.29. The van der Waals surface area contributed by atoms with E-state index >= 15 is 0 Å². The minimum Gasteiger partial charge on any atom is -0.366 e. The Morgan fingerprint density at radius 1 is 1.31 bits per heavy atom. The summed E-state index contributed by atoms with van der Waals surface area (Å²) in [5.41, 5.74) is 6.93. The van der Waals surface area contributed by atoms with Crippen molar-refractivity contribution in [2.75, 3.05) is 13.1 Å². The summed E-state index contributed by atoms with van der Waals surface area (Å²) >= 11 is 0. The molecule has 5 nitrogen and oxygen atoms in total. The molecule has 1 amide bonds. The second kappa shape index (κ2) is 6.49. The van der Waals surface area contributed by atoms with Gasteiger partial charge in [-0.2, -0.15) is 5.10 Å². The highest BCUT2D eigenvalue weighted by atomic mass is 19.1. The van der Waals surface area contributed by atoms with Crippen LogP contribution in [0.1, 0.15) is 28.3 Å². The van der Waals surface area contributed by atoms with Gasteiger partial charge in [0, 0.05) is 24.0 Å². The Balaban J connectivity index is 1.73. The van der Waals surface area contributed by atoms with Gasteiger partial charge in [-0.05, 0) is 36.7 Å². The molecule has 2 atom stereocenters. The molecule has 0 bridgehead atoms. The zero-order valence-corrected chi connectivity index (χ0v) is 14.0. The predicted octanol–water partition coefficient (Wildman–Crippen LogP) is 2.68. The average molecular weight is 356 g/mol. The fourth-order valence-electron chi connectivity index (χ4n) is 3.46. The number of hydrogen-bond acceptors (Lipinski definition) is 3. The molecule has 26 heavy (non-hydrogen) atoms. The van der Waals surface area contributed by atoms with E-state index in [4.69, 9.17) is 5.73 Å². The van der Waals surface area contributed by atoms with Crippen molar-refractivity contribution in [1.29, 1.82) is 0 Å². The number of fused-ring (bicyclic) bond motifs is 1. The first-order valence-corrected chi connectivity index (χ1v) is 8.47. The van der Waals surface area contributed by atoms with Crippen LogP contribution < -0.4 is 11.1 Å². The van der Waals surface area contributed by atoms with Gasteiger partial charge in [0.15, 0.2) is 0 Å². The molecule has 7 heteroatoms. The first kappa shape index (κ1) is 16.7. The number of carbonyl (C=O) groups excluding carboxylic acids is 1. The number of nitrogens with two attached hydrogens (primary N) is 1. The van der Waals surface area contributed by atoms with Crippen molar-refractivity contribution < 1.29 is 13.6 Å². The fraction of sp³-hybridized carbons (Fsp3) is 0.263. The maximum absolute atomic E-state index is 14.7. The van der Waals surface area contributed by atoms with Crippen molar-refractivity contribution in [2.24, 2.45) is 5.73 Å². The summed E-state index contributed by atoms with van der Waals surface area (Å²) in [5, 5.41) is 8.14. The summed E-state index contributed by atoms with van der Waals surface area (Å²) < 4.78 is 30.2. The highest BCUT2D eigenvalue weighted by Gasteiger charge is 2.26. The number of amides is 1. The number of primary amides is 1. The summed E-state index contributed by atoms with van der Waals surface area (Å²) in [6.45, 7) is 1.13. The molecule has 1 saturated heterocycles. The molecule has 2 aromatic carbocycles. The molecule has 4 rings (SSSR count). The third-order valence-electron chi connectivity index (χ3n) is 4.85. The number of nitrogens with one attached hydrogen (secondary N) is 1. The Labute approximate surface area is 148 Å². The van der Waals surface area contributed by atoms with E-state index < -0.39 is 17.9 Å². The van der Waals surface area contributed by atoms with E-state index in [1.54, 1.807) is 36.5 Å². The molecule has 1 aliphatic heterocycles. The van der Waals surface area contributed by atoms with E-state index in [-0.39, 0.29) is 17.2 Å². The lowest BCUT2D eigenvalue weighted by molar-refractivity contribution is 0.100. The van der Waals surface area contributed by atoms with Gasteiger partial charge in [0.1, 0.15) is 23.2 Å². The molecule has 1 aromatic heterocycles. The monoisotopic (exact) mass is 356 g/mol. The van der Waals surface area contributed by atoms with Crippen LogP contribution in [0, 0.1) is 5.82 Å². The van der Waals surface area contributed by atoms with E-state index in [2.05, 4.69) is 10.4 Å². The quantitative estimate of drug-likeness (QED) is 0.758. The zero-order valence-electron chi connectivity index (χ0n) is 14.0. The average Bonchev–Trinajstić information content (AvgIpc) is 3.05. The topological polar surface area (TPSA) is 72.9 Å². The maximum atomic E-state index is 14.7. The molecule has 0 aliphatic carbocycles. The van der Waals surface area contributed by atoms with Gasteiger partial charge in [-0.15, -0.1) is 0 Å². The van der Waals surface area contributed by atoms with Crippen molar-refractivity contribution in [3.8, 4) is 5.69 Å². The van der Waals surface area contributed by atoms with E-state index in [1.807, 2.05) is 0 Å². The third kappa shape index (κ3) is 2.84. The lowest BCUT2D eigenvalue weighted by Gasteiger charge is -2.27. The molecule has 134 valence electrons. The molecule has 0 radical (unpaired) electrons. The van der Waals surface area contributed by atoms with Crippen molar-refractivity contribution in [3.05, 3.63) is 59.5 Å². The number of rotatable bonds is 3. The zero-order chi connectivity index (χ0) is 18.3. The second-order valence-corrected chi connectivity index (χ2v) is 6.51. The van der Waals surface area contributed by atoms with Crippen LogP contribution >= 0.6 is 0 Å². The lowest BCUT2D eigenvalue weighted by Crippen LogP contribution is -2.36. The van der Waals surface area contributed by atoms with Gasteiger partial charge in [-0.25, -0.2) is 13.5 Å². The van der Waals surface area contributed by atoms with Crippen LogP contribution in [0.3, 0.4) is 0 Å². The number of piperidine rings is 1. The summed E-state index contributed by atoms with van der Waals surface area (Å²) in [6.07, 6.45) is 1.08. The number of alkyl halides is 1. The standard InChI is InChI=1S/C19H18F2N4O/c20-15-6-7-23-9-14(15)11-4-5-17(16(21)8-11)25-10-12-2-1-3-13(19(22)26)18(12)24-25/h1-5,8,10,14-15,23H,6-7,9H2,(H2,22,26)/t14-,15+/m1/s1. The molecule has 1 fully saturated rings. The predicted molar refractivity (Wildman–Crippen MR) is 94.7 cm³/mol. The molecular formula is C19H18F2N4O. The van der Waals surface area contributed by atoms with Crippen molar-refractivity contribution in [1.82, 2.24) is 15.1 Å². The lowest BCUT2D eigenvalue weighted by atomic mass is 9.90. The Morgan fingerprint density at radius 3 is 2.88 bits per heavy atom. The number of benzene rings is 2. The van der Waals surface area contributed by atoms with Crippen LogP contribution in [0.5, 0.6) is 0 Å². The summed E-state index contributed by atoms with van der Waals surface area (Å²) in [4.78, 5) is 11.5. The normalized spacial score (nSPS) is 20.4. The SMILES string of the molecule is NC(=O)c1cccc2cn(-c3ccc([C@H]4CNCC[C@@H]4F)cc3F)nc12. The van der Waals surface area contributed by atoms with Crippen LogP contribution in [-0.2, 0) is 0 Å². The molecule has 0 spiro atoms. The fourth-order valence-corrected chi connectivity index (χ4v) is 3.46. The minimum atomic E-state index is -0.980. The van der Waals surface area contributed by atoms with Gasteiger partial charge in [-0.3, -0.25) is 4.79 Å². The van der Waals surface area contributed by atoms with Crippen LogP contribution in [0.25, 0.3) is 16.6 Å². The van der Waals surface area contributed by atoms with Crippen LogP contribution in [0.2, 0.25) is 0 Å². The number of hydrogen-bond donors (Lipinski definition) is 2. The Bertz CT molecular complexity index is 985. The third-order valence-corrected chi connectivity index (χ3v) is 4.85. The van der Waals surface area contributed by atoms with Gasteiger partial charge >= 0.3 is 0 Å². The Morgan fingerprint density at radius 2 is 2.15 bits per heavy atom. The van der Waals surface area contributed by atoms with Gasteiger partial charge < -0.3 is 11.1 Å². The minimum absolute atomic E-state index is 0.236. The molecule has 2 heterocycles. The van der Waals surface area contributed by atoms with Gasteiger partial charge in [0.2, 0.25) is 0 Å². The number of carbonyl (C=O) groups is 1. The molecule has 1 aliphatic rings. The molecule has 0 saturated carbocycles. The van der Waals surface area contributed by atoms with Gasteiger partial charge in [-0.1, -0.05) is 18.2 Å². The van der Waals surface area contributed by atoms with Gasteiger partial charge in [0.05, 0.1) is 5.56 Å². The van der Waals surface area contributed by atoms with E-state index in [9.17, 15) is 13.6 Å². The first-order valence-electron chi connectivity index (χ1n) is 8.47. The molecular weight excluding hydrogens is 338 g/mol. The van der Waals surface area contributed by atoms with Gasteiger partial charge in [0.25, 0.3) is 5.91 Å². The van der Waals surface area contributed by atoms with E-state index in [0.717, 1.165) is 0 Å². The number of nitrogens with zero attached hydrogens (tertiary/aromatic N) is 2. The number of halogens is 2.